The maximum atomic E-state index is 8.57. The van der Waals surface area contributed by atoms with Crippen LogP contribution < -0.4 is 10.1 Å². The molecule has 0 atom stereocenters. The quantitative estimate of drug-likeness (QED) is 0.664. The molecule has 1 aliphatic heterocycles. The molecule has 1 saturated carbocycles. The van der Waals surface area contributed by atoms with Gasteiger partial charge in [0.15, 0.2) is 5.65 Å². The zero-order valence-electron chi connectivity index (χ0n) is 18.6. The molecule has 1 fully saturated rings. The molecule has 2 aliphatic rings. The molecule has 2 N–H and O–H groups in total. The molecule has 0 amide bonds. The van der Waals surface area contributed by atoms with Gasteiger partial charge in [-0.25, -0.2) is 4.98 Å². The molecule has 0 spiro atoms. The van der Waals surface area contributed by atoms with Crippen molar-refractivity contribution in [3.8, 4) is 5.75 Å². The van der Waals surface area contributed by atoms with Gasteiger partial charge >= 0.3 is 0 Å². The van der Waals surface area contributed by atoms with Gasteiger partial charge in [-0.1, -0.05) is 12.8 Å². The number of likely N-dealkylation sites (N-methyl/N-ethyl adjacent to an activating group) is 1. The first-order valence-electron chi connectivity index (χ1n) is 11.0. The smallest absolute Gasteiger partial charge is 0.229 e. The number of aryl methyl sites for hydroxylation is 1. The van der Waals surface area contributed by atoms with Crippen LogP contribution >= 0.6 is 0 Å². The Morgan fingerprint density at radius 3 is 2.68 bits per heavy atom. The maximum Gasteiger partial charge on any atom is 0.229 e. The number of aromatic nitrogens is 4. The Morgan fingerprint density at radius 2 is 1.97 bits per heavy atom. The second-order valence-corrected chi connectivity index (χ2v) is 8.51. The summed E-state index contributed by atoms with van der Waals surface area (Å²) in [4.78, 5) is 11.2. The molecule has 1 aliphatic carbocycles. The number of ether oxygens (including phenoxy) is 1. The van der Waals surface area contributed by atoms with Crippen LogP contribution in [0.5, 0.6) is 5.75 Å². The predicted octanol–water partition coefficient (Wildman–Crippen LogP) is 3.27. The fraction of sp³-hybridized carbons (Fsp3) is 0.522. The molecule has 166 valence electrons. The van der Waals surface area contributed by atoms with Crippen molar-refractivity contribution in [1.82, 2.24) is 24.6 Å². The van der Waals surface area contributed by atoms with Crippen LogP contribution in [0.4, 0.5) is 11.6 Å². The maximum absolute atomic E-state index is 8.57. The topological polar surface area (TPSA) is 88.3 Å². The summed E-state index contributed by atoms with van der Waals surface area (Å²) in [6.45, 7) is 2.43. The molecule has 3 aromatic rings. The third-order valence-corrected chi connectivity index (χ3v) is 6.18. The van der Waals surface area contributed by atoms with E-state index in [0.717, 1.165) is 42.0 Å². The minimum atomic E-state index is 0.417. The van der Waals surface area contributed by atoms with Crippen LogP contribution in [-0.4, -0.2) is 57.1 Å². The number of hydrogen-bond acceptors (Lipinski definition) is 7. The average molecular weight is 425 g/mol. The molecule has 0 unspecified atom stereocenters. The van der Waals surface area contributed by atoms with E-state index >= 15 is 0 Å². The number of aliphatic hydroxyl groups is 1. The van der Waals surface area contributed by atoms with Crippen LogP contribution in [0.15, 0.2) is 24.5 Å². The summed E-state index contributed by atoms with van der Waals surface area (Å²) < 4.78 is 7.29. The molecule has 0 bridgehead atoms. The first-order chi connectivity index (χ1) is 15.1. The monoisotopic (exact) mass is 424 g/mol. The highest BCUT2D eigenvalue weighted by molar-refractivity contribution is 5.75. The van der Waals surface area contributed by atoms with Gasteiger partial charge in [-0.3, -0.25) is 4.68 Å². The standard InChI is InChI=1S/C17H20N6O.C6H12O/c1-22-5-4-11-7-15(24-3)14(6-12(11)10-22)20-17-18-8-13-9-19-23(2)16(13)21-17;7-5-6-3-1-2-4-6/h6-9H,4-5,10H2,1-3H3,(H,18,20,21);6-7H,1-5H2. The van der Waals surface area contributed by atoms with Gasteiger partial charge in [0.05, 0.1) is 24.4 Å². The Balaban J connectivity index is 0.000000282. The van der Waals surface area contributed by atoms with Crippen molar-refractivity contribution in [3.05, 3.63) is 35.7 Å². The number of anilines is 2. The van der Waals surface area contributed by atoms with Gasteiger partial charge in [0.25, 0.3) is 0 Å². The first-order valence-corrected chi connectivity index (χ1v) is 11.0. The first kappa shape index (κ1) is 21.5. The van der Waals surface area contributed by atoms with Crippen molar-refractivity contribution >= 4 is 22.7 Å². The van der Waals surface area contributed by atoms with Gasteiger partial charge in [0, 0.05) is 32.9 Å². The van der Waals surface area contributed by atoms with E-state index in [-0.39, 0.29) is 0 Å². The van der Waals surface area contributed by atoms with E-state index in [1.807, 2.05) is 7.05 Å². The zero-order chi connectivity index (χ0) is 21.8. The number of fused-ring (bicyclic) bond motifs is 2. The third-order valence-electron chi connectivity index (χ3n) is 6.18. The van der Waals surface area contributed by atoms with Crippen LogP contribution in [0.2, 0.25) is 0 Å². The minimum absolute atomic E-state index is 0.417. The lowest BCUT2D eigenvalue weighted by atomic mass is 9.99. The van der Waals surface area contributed by atoms with Crippen LogP contribution in [0, 0.1) is 5.92 Å². The van der Waals surface area contributed by atoms with Crippen molar-refractivity contribution in [2.45, 2.75) is 38.6 Å². The Hall–Kier alpha value is -2.71. The fourth-order valence-corrected chi connectivity index (χ4v) is 4.30. The highest BCUT2D eigenvalue weighted by Crippen LogP contribution is 2.33. The molecular weight excluding hydrogens is 392 g/mol. The summed E-state index contributed by atoms with van der Waals surface area (Å²) in [5.41, 5.74) is 4.34. The molecule has 31 heavy (non-hydrogen) atoms. The van der Waals surface area contributed by atoms with Crippen molar-refractivity contribution in [2.24, 2.45) is 13.0 Å². The van der Waals surface area contributed by atoms with Crippen LogP contribution in [0.3, 0.4) is 0 Å². The zero-order valence-corrected chi connectivity index (χ0v) is 18.6. The Morgan fingerprint density at radius 1 is 1.16 bits per heavy atom. The largest absolute Gasteiger partial charge is 0.495 e. The summed E-state index contributed by atoms with van der Waals surface area (Å²) in [7, 11) is 5.70. The summed E-state index contributed by atoms with van der Waals surface area (Å²) in [6.07, 6.45) is 9.77. The number of rotatable bonds is 4. The summed E-state index contributed by atoms with van der Waals surface area (Å²) >= 11 is 0. The van der Waals surface area contributed by atoms with Crippen molar-refractivity contribution < 1.29 is 9.84 Å². The van der Waals surface area contributed by atoms with Crippen molar-refractivity contribution in [1.29, 1.82) is 0 Å². The molecule has 1 aromatic carbocycles. The van der Waals surface area contributed by atoms with Gasteiger partial charge in [-0.15, -0.1) is 0 Å². The van der Waals surface area contributed by atoms with E-state index in [1.165, 1.54) is 36.8 Å². The molecule has 0 saturated heterocycles. The molecule has 8 heteroatoms. The van der Waals surface area contributed by atoms with E-state index in [9.17, 15) is 0 Å². The third kappa shape index (κ3) is 4.97. The van der Waals surface area contributed by atoms with Crippen molar-refractivity contribution in [3.63, 3.8) is 0 Å². The van der Waals surface area contributed by atoms with E-state index in [0.29, 0.717) is 18.5 Å². The highest BCUT2D eigenvalue weighted by Gasteiger charge is 2.17. The van der Waals surface area contributed by atoms with Gasteiger partial charge < -0.3 is 20.1 Å². The molecular formula is C23H32N6O2. The molecule has 2 aromatic heterocycles. The number of aliphatic hydroxyl groups excluding tert-OH is 1. The van der Waals surface area contributed by atoms with Gasteiger partial charge in [0.1, 0.15) is 5.75 Å². The lowest BCUT2D eigenvalue weighted by Gasteiger charge is -2.26. The SMILES string of the molecule is COc1cc2c(cc1Nc1ncc3cnn(C)c3n1)CN(C)CC2.OCC1CCCC1. The Bertz CT molecular complexity index is 1030. The van der Waals surface area contributed by atoms with Crippen molar-refractivity contribution in [2.75, 3.05) is 32.6 Å². The lowest BCUT2D eigenvalue weighted by molar-refractivity contribution is 0.230. The highest BCUT2D eigenvalue weighted by atomic mass is 16.5. The van der Waals surface area contributed by atoms with Gasteiger partial charge in [0.2, 0.25) is 5.95 Å². The van der Waals surface area contributed by atoms with Gasteiger partial charge in [-0.05, 0) is 55.5 Å². The Kier molecular flexibility index (Phi) is 6.67. The number of hydrogen-bond donors (Lipinski definition) is 2. The lowest BCUT2D eigenvalue weighted by Crippen LogP contribution is -2.26. The predicted molar refractivity (Wildman–Crippen MR) is 122 cm³/mol. The summed E-state index contributed by atoms with van der Waals surface area (Å²) in [5, 5.41) is 17.0. The number of benzene rings is 1. The summed E-state index contributed by atoms with van der Waals surface area (Å²) in [6, 6.07) is 4.26. The molecule has 0 radical (unpaired) electrons. The summed E-state index contributed by atoms with van der Waals surface area (Å²) in [5.74, 6) is 2.00. The van der Waals surface area contributed by atoms with Gasteiger partial charge in [-0.2, -0.15) is 10.1 Å². The number of nitrogens with zero attached hydrogens (tertiary/aromatic N) is 5. The molecule has 5 rings (SSSR count). The van der Waals surface area contributed by atoms with Crippen LogP contribution in [0.25, 0.3) is 11.0 Å². The average Bonchev–Trinajstić information content (AvgIpc) is 3.44. The van der Waals surface area contributed by atoms with Crippen LogP contribution in [0.1, 0.15) is 36.8 Å². The fourth-order valence-electron chi connectivity index (χ4n) is 4.30. The minimum Gasteiger partial charge on any atom is -0.495 e. The Labute approximate surface area is 183 Å². The van der Waals surface area contributed by atoms with E-state index in [2.05, 4.69) is 44.5 Å². The van der Waals surface area contributed by atoms with E-state index < -0.39 is 0 Å². The molecule has 3 heterocycles. The second kappa shape index (κ2) is 9.62. The second-order valence-electron chi connectivity index (χ2n) is 8.51. The normalized spacial score (nSPS) is 16.6. The number of methoxy groups -OCH3 is 1. The van der Waals surface area contributed by atoms with E-state index in [1.54, 1.807) is 24.2 Å². The van der Waals surface area contributed by atoms with Crippen LogP contribution in [-0.2, 0) is 20.0 Å². The number of nitrogens with one attached hydrogen (secondary N) is 1. The van der Waals surface area contributed by atoms with E-state index in [4.69, 9.17) is 9.84 Å². The molecule has 8 nitrogen and oxygen atoms in total.